The van der Waals surface area contributed by atoms with E-state index in [-0.39, 0.29) is 5.54 Å². The van der Waals surface area contributed by atoms with Gasteiger partial charge >= 0.3 is 0 Å². The molecule has 0 unspecified atom stereocenters. The van der Waals surface area contributed by atoms with Crippen molar-refractivity contribution in [2.24, 2.45) is 5.73 Å². The topological polar surface area (TPSA) is 42.2 Å². The molecule has 70 valence electrons. The van der Waals surface area contributed by atoms with E-state index < -0.39 is 0 Å². The summed E-state index contributed by atoms with van der Waals surface area (Å²) >= 11 is 0. The second kappa shape index (κ2) is 2.70. The van der Waals surface area contributed by atoms with Crippen LogP contribution < -0.4 is 10.6 Å². The van der Waals surface area contributed by atoms with E-state index in [9.17, 15) is 0 Å². The highest BCUT2D eigenvalue weighted by Gasteiger charge is 2.35. The second-order valence-corrected chi connectivity index (χ2v) is 4.15. The lowest BCUT2D eigenvalue weighted by atomic mass is 9.93. The van der Waals surface area contributed by atoms with Gasteiger partial charge in [-0.05, 0) is 25.5 Å². The predicted molar refractivity (Wildman–Crippen MR) is 53.8 cm³/mol. The largest absolute Gasteiger partial charge is 0.353 e. The molecule has 13 heavy (non-hydrogen) atoms. The van der Waals surface area contributed by atoms with Crippen molar-refractivity contribution in [2.75, 3.05) is 18.0 Å². The molecule has 0 spiro atoms. The highest BCUT2D eigenvalue weighted by atomic mass is 15.3. The van der Waals surface area contributed by atoms with Crippen molar-refractivity contribution in [1.82, 2.24) is 4.98 Å². The monoisotopic (exact) mass is 177 g/mol. The lowest BCUT2D eigenvalue weighted by Gasteiger charge is -2.46. The lowest BCUT2D eigenvalue weighted by Crippen LogP contribution is -2.66. The summed E-state index contributed by atoms with van der Waals surface area (Å²) in [5.74, 6) is 1.07. The van der Waals surface area contributed by atoms with Crippen LogP contribution in [0.2, 0.25) is 0 Å². The second-order valence-electron chi connectivity index (χ2n) is 4.15. The molecule has 2 N–H and O–H groups in total. The molecule has 2 rings (SSSR count). The van der Waals surface area contributed by atoms with Crippen molar-refractivity contribution in [2.45, 2.75) is 19.4 Å². The lowest BCUT2D eigenvalue weighted by molar-refractivity contribution is 0.362. The Hall–Kier alpha value is -1.09. The summed E-state index contributed by atoms with van der Waals surface area (Å²) in [7, 11) is 0. The van der Waals surface area contributed by atoms with Gasteiger partial charge in [-0.15, -0.1) is 0 Å². The Kier molecular flexibility index (Phi) is 1.77. The van der Waals surface area contributed by atoms with Crippen LogP contribution in [0.5, 0.6) is 0 Å². The standard InChI is InChI=1S/C10H15N3/c1-8-4-3-5-12-9(8)13-6-10(2,11)7-13/h3-5H,6-7,11H2,1-2H3. The average molecular weight is 177 g/mol. The molecule has 0 aromatic carbocycles. The Balaban J connectivity index is 2.16. The van der Waals surface area contributed by atoms with Gasteiger partial charge in [0.1, 0.15) is 5.82 Å². The van der Waals surface area contributed by atoms with Crippen molar-refractivity contribution in [3.8, 4) is 0 Å². The molecular formula is C10H15N3. The number of rotatable bonds is 1. The SMILES string of the molecule is Cc1cccnc1N1CC(C)(N)C1. The fourth-order valence-corrected chi connectivity index (χ4v) is 1.78. The fraction of sp³-hybridized carbons (Fsp3) is 0.500. The third-order valence-corrected chi connectivity index (χ3v) is 2.39. The third-order valence-electron chi connectivity index (χ3n) is 2.39. The molecule has 0 aliphatic carbocycles. The van der Waals surface area contributed by atoms with Crippen molar-refractivity contribution in [3.63, 3.8) is 0 Å². The number of anilines is 1. The van der Waals surface area contributed by atoms with Crippen molar-refractivity contribution < 1.29 is 0 Å². The minimum Gasteiger partial charge on any atom is -0.353 e. The first-order chi connectivity index (χ1) is 6.08. The van der Waals surface area contributed by atoms with Crippen LogP contribution >= 0.6 is 0 Å². The van der Waals surface area contributed by atoms with Crippen LogP contribution in [0.1, 0.15) is 12.5 Å². The first-order valence-corrected chi connectivity index (χ1v) is 4.54. The van der Waals surface area contributed by atoms with Crippen molar-refractivity contribution in [1.29, 1.82) is 0 Å². The van der Waals surface area contributed by atoms with E-state index in [0.717, 1.165) is 18.9 Å². The van der Waals surface area contributed by atoms with Crippen LogP contribution in [0.15, 0.2) is 18.3 Å². The Bertz CT molecular complexity index is 312. The molecular weight excluding hydrogens is 162 g/mol. The highest BCUT2D eigenvalue weighted by molar-refractivity contribution is 5.49. The van der Waals surface area contributed by atoms with E-state index in [0.29, 0.717) is 0 Å². The molecule has 3 nitrogen and oxygen atoms in total. The van der Waals surface area contributed by atoms with Crippen molar-refractivity contribution >= 4 is 5.82 Å². The van der Waals surface area contributed by atoms with Crippen LogP contribution in [-0.2, 0) is 0 Å². The number of aryl methyl sites for hydroxylation is 1. The minimum absolute atomic E-state index is 0.0238. The molecule has 0 amide bonds. The quantitative estimate of drug-likeness (QED) is 0.693. The number of aromatic nitrogens is 1. The normalized spacial score (nSPS) is 19.8. The van der Waals surface area contributed by atoms with E-state index in [2.05, 4.69) is 29.8 Å². The van der Waals surface area contributed by atoms with Crippen LogP contribution in [0.25, 0.3) is 0 Å². The number of nitrogens with two attached hydrogens (primary N) is 1. The molecule has 1 aliphatic rings. The highest BCUT2D eigenvalue weighted by Crippen LogP contribution is 2.25. The van der Waals surface area contributed by atoms with Gasteiger partial charge in [0.05, 0.1) is 0 Å². The molecule has 0 bridgehead atoms. The maximum atomic E-state index is 5.93. The van der Waals surface area contributed by atoms with Crippen LogP contribution in [0.4, 0.5) is 5.82 Å². The first kappa shape index (κ1) is 8.51. The van der Waals surface area contributed by atoms with Crippen LogP contribution in [-0.4, -0.2) is 23.6 Å². The van der Waals surface area contributed by atoms with E-state index in [4.69, 9.17) is 5.73 Å². The van der Waals surface area contributed by atoms with E-state index in [1.165, 1.54) is 5.56 Å². The van der Waals surface area contributed by atoms with Crippen LogP contribution in [0, 0.1) is 6.92 Å². The minimum atomic E-state index is -0.0238. The zero-order valence-electron chi connectivity index (χ0n) is 8.12. The zero-order chi connectivity index (χ0) is 9.47. The average Bonchev–Trinajstić information content (AvgIpc) is 2.01. The van der Waals surface area contributed by atoms with Gasteiger partial charge in [0.25, 0.3) is 0 Å². The molecule has 1 aromatic heterocycles. The predicted octanol–water partition coefficient (Wildman–Crippen LogP) is 0.927. The Morgan fingerprint density at radius 3 is 2.77 bits per heavy atom. The van der Waals surface area contributed by atoms with Gasteiger partial charge in [0, 0.05) is 24.8 Å². The summed E-state index contributed by atoms with van der Waals surface area (Å²) in [5.41, 5.74) is 7.13. The first-order valence-electron chi connectivity index (χ1n) is 4.54. The summed E-state index contributed by atoms with van der Waals surface area (Å²) in [6.07, 6.45) is 1.83. The summed E-state index contributed by atoms with van der Waals surface area (Å²) in [4.78, 5) is 6.55. The summed E-state index contributed by atoms with van der Waals surface area (Å²) in [5, 5.41) is 0. The zero-order valence-corrected chi connectivity index (χ0v) is 8.12. The maximum absolute atomic E-state index is 5.93. The number of nitrogens with zero attached hydrogens (tertiary/aromatic N) is 2. The smallest absolute Gasteiger partial charge is 0.131 e. The Morgan fingerprint density at radius 1 is 1.54 bits per heavy atom. The number of hydrogen-bond donors (Lipinski definition) is 1. The van der Waals surface area contributed by atoms with Gasteiger partial charge in [-0.25, -0.2) is 4.98 Å². The molecule has 0 radical (unpaired) electrons. The van der Waals surface area contributed by atoms with Gasteiger partial charge in [-0.2, -0.15) is 0 Å². The molecule has 2 heterocycles. The Morgan fingerprint density at radius 2 is 2.23 bits per heavy atom. The molecule has 0 atom stereocenters. The molecule has 1 aliphatic heterocycles. The molecule has 3 heteroatoms. The van der Waals surface area contributed by atoms with Crippen molar-refractivity contribution in [3.05, 3.63) is 23.9 Å². The third kappa shape index (κ3) is 1.52. The van der Waals surface area contributed by atoms with E-state index in [1.807, 2.05) is 12.3 Å². The summed E-state index contributed by atoms with van der Waals surface area (Å²) in [6.45, 7) is 5.96. The Labute approximate surface area is 78.6 Å². The summed E-state index contributed by atoms with van der Waals surface area (Å²) in [6, 6.07) is 4.04. The van der Waals surface area contributed by atoms with E-state index in [1.54, 1.807) is 0 Å². The van der Waals surface area contributed by atoms with Gasteiger partial charge in [-0.3, -0.25) is 0 Å². The molecule has 1 fully saturated rings. The van der Waals surface area contributed by atoms with E-state index >= 15 is 0 Å². The van der Waals surface area contributed by atoms with Gasteiger partial charge in [0.2, 0.25) is 0 Å². The van der Waals surface area contributed by atoms with Crippen LogP contribution in [0.3, 0.4) is 0 Å². The molecule has 0 saturated carbocycles. The maximum Gasteiger partial charge on any atom is 0.131 e. The van der Waals surface area contributed by atoms with Gasteiger partial charge in [0.15, 0.2) is 0 Å². The molecule has 1 saturated heterocycles. The summed E-state index contributed by atoms with van der Waals surface area (Å²) < 4.78 is 0. The molecule has 1 aromatic rings. The fourth-order valence-electron chi connectivity index (χ4n) is 1.78. The van der Waals surface area contributed by atoms with Gasteiger partial charge in [-0.1, -0.05) is 6.07 Å². The number of hydrogen-bond acceptors (Lipinski definition) is 3. The van der Waals surface area contributed by atoms with Gasteiger partial charge < -0.3 is 10.6 Å². The number of pyridine rings is 1.